The zero-order valence-electron chi connectivity index (χ0n) is 12.4. The number of fused-ring (bicyclic) bond motifs is 1. The van der Waals surface area contributed by atoms with E-state index in [-0.39, 0.29) is 17.6 Å². The third-order valence-electron chi connectivity index (χ3n) is 4.00. The Morgan fingerprint density at radius 1 is 1.41 bits per heavy atom. The predicted octanol–water partition coefficient (Wildman–Crippen LogP) is 2.30. The Labute approximate surface area is 131 Å². The molecule has 5 nitrogen and oxygen atoms in total. The molecule has 1 aromatic rings. The van der Waals surface area contributed by atoms with Crippen LogP contribution in [-0.2, 0) is 21.2 Å². The Morgan fingerprint density at radius 2 is 2.18 bits per heavy atom. The highest BCUT2D eigenvalue weighted by Gasteiger charge is 2.35. The van der Waals surface area contributed by atoms with Crippen LogP contribution in [-0.4, -0.2) is 26.6 Å². The molecule has 1 amide bonds. The van der Waals surface area contributed by atoms with Crippen molar-refractivity contribution in [2.24, 2.45) is 5.92 Å². The van der Waals surface area contributed by atoms with Crippen molar-refractivity contribution < 1.29 is 13.2 Å². The number of sulfonamides is 1. The Kier molecular flexibility index (Phi) is 3.95. The normalized spacial score (nSPS) is 17.7. The number of carbonyl (C=O) groups is 1. The van der Waals surface area contributed by atoms with Gasteiger partial charge >= 0.3 is 0 Å². The van der Waals surface area contributed by atoms with E-state index >= 15 is 0 Å². The van der Waals surface area contributed by atoms with Gasteiger partial charge in [0.1, 0.15) is 0 Å². The molecule has 1 aliphatic carbocycles. The van der Waals surface area contributed by atoms with Gasteiger partial charge in [-0.3, -0.25) is 9.52 Å². The summed E-state index contributed by atoms with van der Waals surface area (Å²) in [6.45, 7) is 4.20. The van der Waals surface area contributed by atoms with Crippen LogP contribution < -0.4 is 9.62 Å². The number of aryl methyl sites for hydroxylation is 1. The SMILES string of the molecule is C=CCS(=O)(=O)Nc1ccc2c(c1)CCCN2C(=O)C1CC1. The third-order valence-corrected chi connectivity index (χ3v) is 5.22. The van der Waals surface area contributed by atoms with E-state index in [1.807, 2.05) is 17.0 Å². The van der Waals surface area contributed by atoms with E-state index in [9.17, 15) is 13.2 Å². The second-order valence-electron chi connectivity index (χ2n) is 5.88. The molecule has 0 atom stereocenters. The average molecular weight is 320 g/mol. The van der Waals surface area contributed by atoms with Gasteiger partial charge in [-0.2, -0.15) is 0 Å². The monoisotopic (exact) mass is 320 g/mol. The molecule has 1 heterocycles. The van der Waals surface area contributed by atoms with Crippen LogP contribution in [0.5, 0.6) is 0 Å². The van der Waals surface area contributed by atoms with Crippen molar-refractivity contribution in [1.82, 2.24) is 0 Å². The fourth-order valence-electron chi connectivity index (χ4n) is 2.82. The first-order chi connectivity index (χ1) is 10.5. The highest BCUT2D eigenvalue weighted by atomic mass is 32.2. The largest absolute Gasteiger partial charge is 0.312 e. The molecule has 0 radical (unpaired) electrons. The summed E-state index contributed by atoms with van der Waals surface area (Å²) in [4.78, 5) is 14.2. The quantitative estimate of drug-likeness (QED) is 0.847. The maximum Gasteiger partial charge on any atom is 0.236 e. The van der Waals surface area contributed by atoms with E-state index in [2.05, 4.69) is 11.3 Å². The van der Waals surface area contributed by atoms with Gasteiger partial charge in [0, 0.05) is 23.8 Å². The number of rotatable bonds is 5. The number of hydrogen-bond donors (Lipinski definition) is 1. The number of amides is 1. The fraction of sp³-hybridized carbons (Fsp3) is 0.438. The van der Waals surface area contributed by atoms with Crippen molar-refractivity contribution in [2.45, 2.75) is 25.7 Å². The maximum absolute atomic E-state index is 12.3. The molecule has 0 unspecified atom stereocenters. The highest BCUT2D eigenvalue weighted by Crippen LogP contribution is 2.36. The number of carbonyl (C=O) groups excluding carboxylic acids is 1. The number of anilines is 2. The minimum Gasteiger partial charge on any atom is -0.312 e. The van der Waals surface area contributed by atoms with Crippen LogP contribution in [0.2, 0.25) is 0 Å². The van der Waals surface area contributed by atoms with Crippen molar-refractivity contribution in [2.75, 3.05) is 21.9 Å². The summed E-state index contributed by atoms with van der Waals surface area (Å²) in [5.74, 6) is 0.286. The van der Waals surface area contributed by atoms with Crippen molar-refractivity contribution in [1.29, 1.82) is 0 Å². The van der Waals surface area contributed by atoms with E-state index in [0.29, 0.717) is 5.69 Å². The molecular formula is C16H20N2O3S. The van der Waals surface area contributed by atoms with Gasteiger partial charge in [0.15, 0.2) is 0 Å². The molecule has 22 heavy (non-hydrogen) atoms. The van der Waals surface area contributed by atoms with E-state index < -0.39 is 10.0 Å². The van der Waals surface area contributed by atoms with Gasteiger partial charge in [-0.1, -0.05) is 6.08 Å². The number of hydrogen-bond acceptors (Lipinski definition) is 3. The van der Waals surface area contributed by atoms with Crippen LogP contribution in [0, 0.1) is 5.92 Å². The van der Waals surface area contributed by atoms with E-state index in [1.54, 1.807) is 6.07 Å². The van der Waals surface area contributed by atoms with Crippen LogP contribution in [0.3, 0.4) is 0 Å². The number of benzene rings is 1. The summed E-state index contributed by atoms with van der Waals surface area (Å²) >= 11 is 0. The first kappa shape index (κ1) is 15.1. The lowest BCUT2D eigenvalue weighted by molar-refractivity contribution is -0.119. The van der Waals surface area contributed by atoms with Gasteiger partial charge in [-0.25, -0.2) is 8.42 Å². The Bertz CT molecular complexity index is 708. The van der Waals surface area contributed by atoms with Gasteiger partial charge in [-0.05, 0) is 49.4 Å². The lowest BCUT2D eigenvalue weighted by atomic mass is 10.0. The minimum atomic E-state index is -3.39. The Hall–Kier alpha value is -1.82. The lowest BCUT2D eigenvalue weighted by Gasteiger charge is -2.30. The van der Waals surface area contributed by atoms with E-state index in [4.69, 9.17) is 0 Å². The van der Waals surface area contributed by atoms with E-state index in [0.717, 1.165) is 43.5 Å². The molecule has 0 saturated heterocycles. The third kappa shape index (κ3) is 3.16. The molecule has 1 fully saturated rings. The zero-order valence-corrected chi connectivity index (χ0v) is 13.2. The maximum atomic E-state index is 12.3. The molecule has 0 aromatic heterocycles. The standard InChI is InChI=1S/C16H20N2O3S/c1-2-10-22(20,21)17-14-7-8-15-13(11-14)4-3-9-18(15)16(19)12-5-6-12/h2,7-8,11-12,17H,1,3-6,9-10H2. The molecule has 1 N–H and O–H groups in total. The van der Waals surface area contributed by atoms with Crippen molar-refractivity contribution in [3.05, 3.63) is 36.4 Å². The van der Waals surface area contributed by atoms with Gasteiger partial charge in [0.25, 0.3) is 0 Å². The van der Waals surface area contributed by atoms with Crippen LogP contribution in [0.4, 0.5) is 11.4 Å². The summed E-state index contributed by atoms with van der Waals surface area (Å²) in [5.41, 5.74) is 2.50. The lowest BCUT2D eigenvalue weighted by Crippen LogP contribution is -2.36. The second-order valence-corrected chi connectivity index (χ2v) is 7.65. The molecule has 118 valence electrons. The molecule has 0 bridgehead atoms. The molecule has 1 saturated carbocycles. The predicted molar refractivity (Wildman–Crippen MR) is 87.4 cm³/mol. The van der Waals surface area contributed by atoms with Gasteiger partial charge in [-0.15, -0.1) is 6.58 Å². The summed E-state index contributed by atoms with van der Waals surface area (Å²) in [7, 11) is -3.39. The Balaban J connectivity index is 1.84. The van der Waals surface area contributed by atoms with Crippen LogP contribution >= 0.6 is 0 Å². The van der Waals surface area contributed by atoms with Crippen molar-refractivity contribution in [3.8, 4) is 0 Å². The average Bonchev–Trinajstić information content (AvgIpc) is 3.29. The molecule has 2 aliphatic rings. The van der Waals surface area contributed by atoms with Crippen molar-refractivity contribution >= 4 is 27.3 Å². The summed E-state index contributed by atoms with van der Waals surface area (Å²) in [6.07, 6.45) is 5.11. The van der Waals surface area contributed by atoms with Crippen LogP contribution in [0.1, 0.15) is 24.8 Å². The second kappa shape index (κ2) is 5.76. The van der Waals surface area contributed by atoms with Crippen LogP contribution in [0.15, 0.2) is 30.9 Å². The van der Waals surface area contributed by atoms with Crippen LogP contribution in [0.25, 0.3) is 0 Å². The fourth-order valence-corrected chi connectivity index (χ4v) is 3.70. The van der Waals surface area contributed by atoms with Gasteiger partial charge in [0.2, 0.25) is 15.9 Å². The highest BCUT2D eigenvalue weighted by molar-refractivity contribution is 7.92. The molecule has 3 rings (SSSR count). The number of nitrogens with zero attached hydrogens (tertiary/aromatic N) is 1. The summed E-state index contributed by atoms with van der Waals surface area (Å²) in [5, 5.41) is 0. The van der Waals surface area contributed by atoms with Gasteiger partial charge in [0.05, 0.1) is 5.75 Å². The molecular weight excluding hydrogens is 300 g/mol. The summed E-state index contributed by atoms with van der Waals surface area (Å²) in [6, 6.07) is 5.40. The zero-order chi connectivity index (χ0) is 15.7. The molecule has 0 spiro atoms. The molecule has 1 aliphatic heterocycles. The number of nitrogens with one attached hydrogen (secondary N) is 1. The van der Waals surface area contributed by atoms with E-state index in [1.165, 1.54) is 6.08 Å². The Morgan fingerprint density at radius 3 is 2.86 bits per heavy atom. The molecule has 6 heteroatoms. The molecule has 1 aromatic carbocycles. The van der Waals surface area contributed by atoms with Gasteiger partial charge < -0.3 is 4.90 Å². The smallest absolute Gasteiger partial charge is 0.236 e. The van der Waals surface area contributed by atoms with Crippen molar-refractivity contribution in [3.63, 3.8) is 0 Å². The first-order valence-electron chi connectivity index (χ1n) is 7.56. The summed E-state index contributed by atoms with van der Waals surface area (Å²) < 4.78 is 26.1. The topological polar surface area (TPSA) is 66.5 Å². The first-order valence-corrected chi connectivity index (χ1v) is 9.21. The minimum absolute atomic E-state index is 0.115.